The highest BCUT2D eigenvalue weighted by Crippen LogP contribution is 2.25. The highest BCUT2D eigenvalue weighted by molar-refractivity contribution is 5.99. The van der Waals surface area contributed by atoms with E-state index >= 15 is 0 Å². The Balaban J connectivity index is 2.24. The van der Waals surface area contributed by atoms with Crippen LogP contribution in [-0.4, -0.2) is 42.2 Å². The van der Waals surface area contributed by atoms with E-state index in [0.717, 1.165) is 6.42 Å². The van der Waals surface area contributed by atoms with Gasteiger partial charge >= 0.3 is 0 Å². The summed E-state index contributed by atoms with van der Waals surface area (Å²) in [5.41, 5.74) is 0.192. The fraction of sp³-hybridized carbons (Fsp3) is 0.583. The molecule has 1 fully saturated rings. The van der Waals surface area contributed by atoms with Crippen LogP contribution in [0, 0.1) is 0 Å². The maximum Gasteiger partial charge on any atom is 0.246 e. The van der Waals surface area contributed by atoms with Crippen LogP contribution < -0.4 is 9.47 Å². The second-order valence-corrected chi connectivity index (χ2v) is 4.15. The molecule has 6 heteroatoms. The molecule has 2 rings (SSSR count). The van der Waals surface area contributed by atoms with E-state index in [1.54, 1.807) is 0 Å². The van der Waals surface area contributed by atoms with Crippen molar-refractivity contribution in [2.45, 2.75) is 32.0 Å². The Bertz CT molecular complexity index is 450. The summed E-state index contributed by atoms with van der Waals surface area (Å²) >= 11 is 0. The van der Waals surface area contributed by atoms with E-state index in [1.807, 2.05) is 6.92 Å². The number of ether oxygens (including phenoxy) is 3. The number of carbonyl (C=O) groups excluding carboxylic acids is 1. The van der Waals surface area contributed by atoms with Crippen LogP contribution in [0.25, 0.3) is 0 Å². The lowest BCUT2D eigenvalue weighted by Crippen LogP contribution is -2.23. The minimum Gasteiger partial charge on any atom is -0.480 e. The third-order valence-corrected chi connectivity index (χ3v) is 2.88. The van der Waals surface area contributed by atoms with Crippen molar-refractivity contribution in [1.29, 1.82) is 0 Å². The fourth-order valence-electron chi connectivity index (χ4n) is 1.91. The lowest BCUT2D eigenvalue weighted by Gasteiger charge is -2.11. The van der Waals surface area contributed by atoms with E-state index < -0.39 is 6.10 Å². The number of aromatic nitrogens is 2. The Morgan fingerprint density at radius 3 is 2.72 bits per heavy atom. The Morgan fingerprint density at radius 1 is 1.39 bits per heavy atom. The smallest absolute Gasteiger partial charge is 0.246 e. The van der Waals surface area contributed by atoms with Gasteiger partial charge in [-0.05, 0) is 19.8 Å². The largest absolute Gasteiger partial charge is 0.480 e. The van der Waals surface area contributed by atoms with Gasteiger partial charge in [-0.1, -0.05) is 0 Å². The molecule has 0 bridgehead atoms. The van der Waals surface area contributed by atoms with Crippen LogP contribution in [-0.2, 0) is 4.74 Å². The topological polar surface area (TPSA) is 70.5 Å². The van der Waals surface area contributed by atoms with E-state index in [4.69, 9.17) is 14.2 Å². The average Bonchev–Trinajstić information content (AvgIpc) is 2.83. The van der Waals surface area contributed by atoms with Crippen LogP contribution in [0.3, 0.4) is 0 Å². The zero-order valence-electron chi connectivity index (χ0n) is 10.7. The molecule has 2 atom stereocenters. The standard InChI is InChI=1S/C12H16N2O4/c1-7-4-5-8(18-7)11(15)10-12(17-3)14-9(16-2)6-13-10/h6-8H,4-5H2,1-3H3. The summed E-state index contributed by atoms with van der Waals surface area (Å²) in [5.74, 6) is 0.290. The first-order valence-corrected chi connectivity index (χ1v) is 5.80. The monoisotopic (exact) mass is 252 g/mol. The van der Waals surface area contributed by atoms with Gasteiger partial charge in [0.15, 0.2) is 5.69 Å². The summed E-state index contributed by atoms with van der Waals surface area (Å²) in [6.45, 7) is 1.95. The quantitative estimate of drug-likeness (QED) is 0.751. The summed E-state index contributed by atoms with van der Waals surface area (Å²) in [4.78, 5) is 20.3. The number of nitrogens with zero attached hydrogens (tertiary/aromatic N) is 2. The van der Waals surface area contributed by atoms with Gasteiger partial charge in [-0.25, -0.2) is 4.98 Å². The molecule has 1 aromatic rings. The number of rotatable bonds is 4. The van der Waals surface area contributed by atoms with E-state index in [1.165, 1.54) is 20.4 Å². The van der Waals surface area contributed by atoms with Crippen molar-refractivity contribution in [2.75, 3.05) is 14.2 Å². The summed E-state index contributed by atoms with van der Waals surface area (Å²) in [6, 6.07) is 0. The number of carbonyl (C=O) groups is 1. The zero-order valence-corrected chi connectivity index (χ0v) is 10.7. The van der Waals surface area contributed by atoms with Crippen LogP contribution in [0.1, 0.15) is 30.3 Å². The molecule has 1 aromatic heterocycles. The molecule has 0 N–H and O–H groups in total. The molecule has 0 radical (unpaired) electrons. The van der Waals surface area contributed by atoms with Crippen LogP contribution in [0.15, 0.2) is 6.20 Å². The number of hydrogen-bond donors (Lipinski definition) is 0. The fourth-order valence-corrected chi connectivity index (χ4v) is 1.91. The predicted octanol–water partition coefficient (Wildman–Crippen LogP) is 1.24. The van der Waals surface area contributed by atoms with Crippen molar-refractivity contribution in [2.24, 2.45) is 0 Å². The van der Waals surface area contributed by atoms with Crippen molar-refractivity contribution in [3.05, 3.63) is 11.9 Å². The lowest BCUT2D eigenvalue weighted by molar-refractivity contribution is 0.0426. The first-order chi connectivity index (χ1) is 8.65. The molecular formula is C12H16N2O4. The molecular weight excluding hydrogens is 236 g/mol. The number of methoxy groups -OCH3 is 2. The molecule has 0 amide bonds. The highest BCUT2D eigenvalue weighted by Gasteiger charge is 2.32. The van der Waals surface area contributed by atoms with E-state index in [2.05, 4.69) is 9.97 Å². The van der Waals surface area contributed by atoms with Crippen molar-refractivity contribution >= 4 is 5.78 Å². The van der Waals surface area contributed by atoms with Gasteiger partial charge in [-0.15, -0.1) is 0 Å². The van der Waals surface area contributed by atoms with Gasteiger partial charge in [0, 0.05) is 0 Å². The van der Waals surface area contributed by atoms with Gasteiger partial charge in [0.2, 0.25) is 17.5 Å². The third kappa shape index (κ3) is 2.43. The Labute approximate surface area is 105 Å². The van der Waals surface area contributed by atoms with Crippen molar-refractivity contribution in [3.8, 4) is 11.8 Å². The molecule has 0 aliphatic carbocycles. The molecule has 1 aliphatic rings. The van der Waals surface area contributed by atoms with Crippen LogP contribution in [0.2, 0.25) is 0 Å². The minimum absolute atomic E-state index is 0.108. The second-order valence-electron chi connectivity index (χ2n) is 4.15. The van der Waals surface area contributed by atoms with Crippen LogP contribution in [0.4, 0.5) is 0 Å². The van der Waals surface area contributed by atoms with Gasteiger partial charge in [-0.3, -0.25) is 4.79 Å². The molecule has 6 nitrogen and oxygen atoms in total. The molecule has 0 aromatic carbocycles. The van der Waals surface area contributed by atoms with Crippen molar-refractivity contribution in [3.63, 3.8) is 0 Å². The molecule has 2 heterocycles. The Morgan fingerprint density at radius 2 is 2.17 bits per heavy atom. The molecule has 2 unspecified atom stereocenters. The average molecular weight is 252 g/mol. The summed E-state index contributed by atoms with van der Waals surface area (Å²) < 4.78 is 15.5. The van der Waals surface area contributed by atoms with Gasteiger partial charge in [0.1, 0.15) is 6.10 Å². The first-order valence-electron chi connectivity index (χ1n) is 5.80. The number of hydrogen-bond acceptors (Lipinski definition) is 6. The van der Waals surface area contributed by atoms with Gasteiger partial charge in [0.05, 0.1) is 26.5 Å². The number of Topliss-reactive ketones (excluding diaryl/α,β-unsaturated/α-hetero) is 1. The van der Waals surface area contributed by atoms with E-state index in [0.29, 0.717) is 12.3 Å². The molecule has 0 spiro atoms. The maximum atomic E-state index is 12.2. The molecule has 98 valence electrons. The van der Waals surface area contributed by atoms with E-state index in [9.17, 15) is 4.79 Å². The summed E-state index contributed by atoms with van der Waals surface area (Å²) in [5, 5.41) is 0. The highest BCUT2D eigenvalue weighted by atomic mass is 16.5. The van der Waals surface area contributed by atoms with E-state index in [-0.39, 0.29) is 23.5 Å². The van der Waals surface area contributed by atoms with Crippen molar-refractivity contribution in [1.82, 2.24) is 9.97 Å². The van der Waals surface area contributed by atoms with Gasteiger partial charge in [0.25, 0.3) is 0 Å². The van der Waals surface area contributed by atoms with Gasteiger partial charge in [-0.2, -0.15) is 4.98 Å². The lowest BCUT2D eigenvalue weighted by atomic mass is 10.1. The maximum absolute atomic E-state index is 12.2. The first kappa shape index (κ1) is 12.8. The Kier molecular flexibility index (Phi) is 3.76. The predicted molar refractivity (Wildman–Crippen MR) is 63.0 cm³/mol. The molecule has 1 saturated heterocycles. The molecule has 1 aliphatic heterocycles. The van der Waals surface area contributed by atoms with Gasteiger partial charge < -0.3 is 14.2 Å². The zero-order chi connectivity index (χ0) is 13.1. The minimum atomic E-state index is -0.448. The SMILES string of the molecule is COc1cnc(C(=O)C2CCC(C)O2)c(OC)n1. The van der Waals surface area contributed by atoms with Crippen LogP contribution >= 0.6 is 0 Å². The second kappa shape index (κ2) is 5.30. The molecule has 18 heavy (non-hydrogen) atoms. The summed E-state index contributed by atoms with van der Waals surface area (Å²) in [6.07, 6.45) is 2.64. The summed E-state index contributed by atoms with van der Waals surface area (Å²) in [7, 11) is 2.92. The molecule has 0 saturated carbocycles. The Hall–Kier alpha value is -1.69. The normalized spacial score (nSPS) is 22.8. The van der Waals surface area contributed by atoms with Crippen LogP contribution in [0.5, 0.6) is 11.8 Å². The third-order valence-electron chi connectivity index (χ3n) is 2.88. The number of ketones is 1. The van der Waals surface area contributed by atoms with Crippen molar-refractivity contribution < 1.29 is 19.0 Å².